The lowest BCUT2D eigenvalue weighted by atomic mass is 9.87. The molecule has 156 valence electrons. The zero-order valence-corrected chi connectivity index (χ0v) is 18.4. The third-order valence-electron chi connectivity index (χ3n) is 6.55. The van der Waals surface area contributed by atoms with Gasteiger partial charge in [-0.15, -0.1) is 0 Å². The maximum Gasteiger partial charge on any atom is 0.252 e. The summed E-state index contributed by atoms with van der Waals surface area (Å²) in [5, 5.41) is 0.638. The van der Waals surface area contributed by atoms with Crippen LogP contribution in [0.4, 0.5) is 0 Å². The Bertz CT molecular complexity index is 996. The fourth-order valence-corrected chi connectivity index (χ4v) is 4.79. The van der Waals surface area contributed by atoms with E-state index in [0.29, 0.717) is 18.0 Å². The Morgan fingerprint density at radius 1 is 1.10 bits per heavy atom. The SMILES string of the molecule is CN1C(=O)C2=C(CCCN(C(=O)Cc3ccccc3)C2c2ccc(Cl)cc2)C1(C)C. The minimum atomic E-state index is -0.396. The predicted molar refractivity (Wildman–Crippen MR) is 119 cm³/mol. The highest BCUT2D eigenvalue weighted by Crippen LogP contribution is 2.46. The number of halogens is 1. The van der Waals surface area contributed by atoms with Gasteiger partial charge in [-0.25, -0.2) is 0 Å². The van der Waals surface area contributed by atoms with Gasteiger partial charge in [0.15, 0.2) is 0 Å². The van der Waals surface area contributed by atoms with Crippen molar-refractivity contribution < 1.29 is 9.59 Å². The molecule has 0 saturated heterocycles. The van der Waals surface area contributed by atoms with E-state index in [4.69, 9.17) is 11.6 Å². The summed E-state index contributed by atoms with van der Waals surface area (Å²) in [6.07, 6.45) is 1.98. The molecule has 2 aromatic rings. The van der Waals surface area contributed by atoms with Gasteiger partial charge in [0.05, 0.1) is 18.0 Å². The van der Waals surface area contributed by atoms with E-state index in [1.54, 1.807) is 0 Å². The van der Waals surface area contributed by atoms with E-state index in [1.807, 2.05) is 71.4 Å². The molecular formula is C25H27ClN2O2. The highest BCUT2D eigenvalue weighted by atomic mass is 35.5. The number of hydrogen-bond donors (Lipinski definition) is 0. The van der Waals surface area contributed by atoms with Gasteiger partial charge < -0.3 is 9.80 Å². The number of likely N-dealkylation sites (N-methyl/N-ethyl adjacent to an activating group) is 1. The second kappa shape index (κ2) is 7.92. The maximum absolute atomic E-state index is 13.5. The van der Waals surface area contributed by atoms with Crippen molar-refractivity contribution in [3.05, 3.63) is 81.9 Å². The lowest BCUT2D eigenvalue weighted by Gasteiger charge is -2.33. The van der Waals surface area contributed by atoms with Crippen LogP contribution in [0, 0.1) is 0 Å². The first-order chi connectivity index (χ1) is 14.3. The Labute approximate surface area is 183 Å². The van der Waals surface area contributed by atoms with Crippen LogP contribution in [-0.4, -0.2) is 40.7 Å². The van der Waals surface area contributed by atoms with Crippen LogP contribution in [0.5, 0.6) is 0 Å². The van der Waals surface area contributed by atoms with Gasteiger partial charge in [-0.3, -0.25) is 9.59 Å². The summed E-state index contributed by atoms with van der Waals surface area (Å²) in [5.41, 5.74) is 3.45. The molecule has 4 rings (SSSR count). The standard InChI is InChI=1S/C25H27ClN2O2/c1-25(2)20-10-7-15-28(21(29)16-17-8-5-4-6-9-17)23(22(20)24(30)27(25)3)18-11-13-19(26)14-12-18/h4-6,8-9,11-14,23H,7,10,15-16H2,1-3H3. The quantitative estimate of drug-likeness (QED) is 0.713. The van der Waals surface area contributed by atoms with Crippen molar-refractivity contribution in [2.45, 2.75) is 44.7 Å². The van der Waals surface area contributed by atoms with Crippen molar-refractivity contribution in [2.75, 3.05) is 13.6 Å². The Morgan fingerprint density at radius 3 is 2.43 bits per heavy atom. The first-order valence-corrected chi connectivity index (χ1v) is 10.8. The molecule has 2 heterocycles. The summed E-state index contributed by atoms with van der Waals surface area (Å²) < 4.78 is 0. The van der Waals surface area contributed by atoms with Gasteiger partial charge in [-0.05, 0) is 55.5 Å². The number of rotatable bonds is 3. The second-order valence-electron chi connectivity index (χ2n) is 8.62. The molecule has 5 heteroatoms. The van der Waals surface area contributed by atoms with E-state index in [1.165, 1.54) is 0 Å². The van der Waals surface area contributed by atoms with Gasteiger partial charge in [-0.1, -0.05) is 54.1 Å². The molecule has 2 aliphatic heterocycles. The van der Waals surface area contributed by atoms with Gasteiger partial charge >= 0.3 is 0 Å². The summed E-state index contributed by atoms with van der Waals surface area (Å²) >= 11 is 6.13. The minimum Gasteiger partial charge on any atom is -0.333 e. The summed E-state index contributed by atoms with van der Waals surface area (Å²) in [6, 6.07) is 16.9. The van der Waals surface area contributed by atoms with Crippen LogP contribution in [-0.2, 0) is 16.0 Å². The Hall–Kier alpha value is -2.59. The van der Waals surface area contributed by atoms with Crippen LogP contribution in [0.2, 0.25) is 5.02 Å². The van der Waals surface area contributed by atoms with E-state index in [0.717, 1.165) is 35.1 Å². The smallest absolute Gasteiger partial charge is 0.252 e. The minimum absolute atomic E-state index is 0.00867. The van der Waals surface area contributed by atoms with Crippen molar-refractivity contribution in [3.8, 4) is 0 Å². The zero-order valence-electron chi connectivity index (χ0n) is 17.7. The highest BCUT2D eigenvalue weighted by Gasteiger charge is 2.48. The second-order valence-corrected chi connectivity index (χ2v) is 9.06. The molecule has 0 radical (unpaired) electrons. The number of carbonyl (C=O) groups is 2. The molecule has 4 nitrogen and oxygen atoms in total. The number of hydrogen-bond acceptors (Lipinski definition) is 2. The number of amides is 2. The largest absolute Gasteiger partial charge is 0.333 e. The van der Waals surface area contributed by atoms with Crippen LogP contribution in [0.15, 0.2) is 65.7 Å². The molecule has 1 unspecified atom stereocenters. The Balaban J connectivity index is 1.80. The molecule has 0 fully saturated rings. The molecule has 0 aromatic heterocycles. The normalized spacial score (nSPS) is 20.9. The van der Waals surface area contributed by atoms with Crippen LogP contribution in [0.3, 0.4) is 0 Å². The van der Waals surface area contributed by atoms with Crippen molar-refractivity contribution in [3.63, 3.8) is 0 Å². The molecule has 30 heavy (non-hydrogen) atoms. The molecule has 0 bridgehead atoms. The average molecular weight is 423 g/mol. The van der Waals surface area contributed by atoms with Crippen LogP contribution in [0.1, 0.15) is 43.9 Å². The maximum atomic E-state index is 13.5. The number of carbonyl (C=O) groups excluding carboxylic acids is 2. The topological polar surface area (TPSA) is 40.6 Å². The molecule has 1 atom stereocenters. The summed E-state index contributed by atoms with van der Waals surface area (Å²) in [5.74, 6) is 0.0458. The number of benzene rings is 2. The fourth-order valence-electron chi connectivity index (χ4n) is 4.66. The molecule has 0 saturated carbocycles. The van der Waals surface area contributed by atoms with Crippen LogP contribution in [0.25, 0.3) is 0 Å². The van der Waals surface area contributed by atoms with Gasteiger partial charge in [0, 0.05) is 24.2 Å². The Kier molecular flexibility index (Phi) is 5.46. The van der Waals surface area contributed by atoms with Crippen molar-refractivity contribution in [1.82, 2.24) is 9.80 Å². The monoisotopic (exact) mass is 422 g/mol. The van der Waals surface area contributed by atoms with E-state index >= 15 is 0 Å². The highest BCUT2D eigenvalue weighted by molar-refractivity contribution is 6.30. The van der Waals surface area contributed by atoms with Crippen molar-refractivity contribution >= 4 is 23.4 Å². The lowest BCUT2D eigenvalue weighted by Crippen LogP contribution is -2.42. The molecule has 2 amide bonds. The van der Waals surface area contributed by atoms with Gasteiger partial charge in [-0.2, -0.15) is 0 Å². The Morgan fingerprint density at radius 2 is 1.77 bits per heavy atom. The molecule has 0 N–H and O–H groups in total. The summed E-state index contributed by atoms with van der Waals surface area (Å²) in [4.78, 5) is 30.6. The fraction of sp³-hybridized carbons (Fsp3) is 0.360. The lowest BCUT2D eigenvalue weighted by molar-refractivity contribution is -0.133. The predicted octanol–water partition coefficient (Wildman–Crippen LogP) is 4.79. The van der Waals surface area contributed by atoms with E-state index in [2.05, 4.69) is 13.8 Å². The summed E-state index contributed by atoms with van der Waals surface area (Å²) in [6.45, 7) is 4.81. The number of nitrogens with zero attached hydrogens (tertiary/aromatic N) is 2. The third-order valence-corrected chi connectivity index (χ3v) is 6.80. The first-order valence-electron chi connectivity index (χ1n) is 10.4. The van der Waals surface area contributed by atoms with Gasteiger partial charge in [0.25, 0.3) is 5.91 Å². The van der Waals surface area contributed by atoms with E-state index in [9.17, 15) is 9.59 Å². The molecular weight excluding hydrogens is 396 g/mol. The van der Waals surface area contributed by atoms with E-state index < -0.39 is 6.04 Å². The van der Waals surface area contributed by atoms with Crippen molar-refractivity contribution in [1.29, 1.82) is 0 Å². The van der Waals surface area contributed by atoms with Gasteiger partial charge in [0.1, 0.15) is 0 Å². The summed E-state index contributed by atoms with van der Waals surface area (Å²) in [7, 11) is 1.85. The van der Waals surface area contributed by atoms with Crippen LogP contribution < -0.4 is 0 Å². The van der Waals surface area contributed by atoms with E-state index in [-0.39, 0.29) is 17.4 Å². The average Bonchev–Trinajstić information content (AvgIpc) is 2.88. The van der Waals surface area contributed by atoms with Crippen molar-refractivity contribution in [2.24, 2.45) is 0 Å². The zero-order chi connectivity index (χ0) is 21.5. The molecule has 2 aromatic carbocycles. The third kappa shape index (κ3) is 3.54. The van der Waals surface area contributed by atoms with Gasteiger partial charge in [0.2, 0.25) is 5.91 Å². The first kappa shape index (κ1) is 20.7. The van der Waals surface area contributed by atoms with Crippen LogP contribution >= 0.6 is 11.6 Å². The molecule has 2 aliphatic rings. The molecule has 0 aliphatic carbocycles. The molecule has 0 spiro atoms.